The zero-order valence-electron chi connectivity index (χ0n) is 17.2. The molecule has 1 aromatic rings. The van der Waals surface area contributed by atoms with E-state index in [1.165, 1.54) is 4.90 Å². The zero-order chi connectivity index (χ0) is 21.5. The maximum Gasteiger partial charge on any atom is 0.324 e. The van der Waals surface area contributed by atoms with E-state index >= 15 is 0 Å². The molecule has 3 aliphatic heterocycles. The molecular weight excluding hydrogens is 405 g/mol. The molecule has 9 heteroatoms. The van der Waals surface area contributed by atoms with Crippen LogP contribution in [0.5, 0.6) is 11.5 Å². The number of likely N-dealkylation sites (tertiary alicyclic amines) is 1. The van der Waals surface area contributed by atoms with E-state index in [9.17, 15) is 18.8 Å². The lowest BCUT2D eigenvalue weighted by Crippen LogP contribution is -2.65. The summed E-state index contributed by atoms with van der Waals surface area (Å²) >= 11 is 0. The van der Waals surface area contributed by atoms with E-state index in [1.807, 2.05) is 0 Å². The Bertz CT molecular complexity index is 901. The molecule has 1 aromatic carbocycles. The molecule has 0 aromatic heterocycles. The van der Waals surface area contributed by atoms with Gasteiger partial charge in [0, 0.05) is 25.2 Å². The van der Waals surface area contributed by atoms with E-state index in [1.54, 1.807) is 23.1 Å². The van der Waals surface area contributed by atoms with E-state index in [0.29, 0.717) is 69.0 Å². The van der Waals surface area contributed by atoms with Crippen molar-refractivity contribution in [3.8, 4) is 11.5 Å². The number of para-hydroxylation sites is 1. The third kappa shape index (κ3) is 3.59. The summed E-state index contributed by atoms with van der Waals surface area (Å²) in [6.45, 7) is 1.69. The number of hydrogen-bond acceptors (Lipinski definition) is 5. The molecule has 0 radical (unpaired) electrons. The van der Waals surface area contributed by atoms with Crippen molar-refractivity contribution in [3.63, 3.8) is 0 Å². The lowest BCUT2D eigenvalue weighted by atomic mass is 9.80. The molecular formula is C22H26FN3O5. The number of carbonyl (C=O) groups is 3. The van der Waals surface area contributed by atoms with Crippen LogP contribution in [0.15, 0.2) is 18.2 Å². The highest BCUT2D eigenvalue weighted by atomic mass is 19.1. The van der Waals surface area contributed by atoms with Gasteiger partial charge in [-0.05, 0) is 44.2 Å². The van der Waals surface area contributed by atoms with E-state index in [-0.39, 0.29) is 30.3 Å². The van der Waals surface area contributed by atoms with Gasteiger partial charge in [0.15, 0.2) is 11.5 Å². The van der Waals surface area contributed by atoms with E-state index in [0.717, 1.165) is 0 Å². The number of imide groups is 1. The average Bonchev–Trinajstić information content (AvgIpc) is 2.79. The monoisotopic (exact) mass is 431 g/mol. The maximum absolute atomic E-state index is 13.9. The SMILES string of the molecule is O=C(c1cccc2c1OCCO2)N1CCC(N2C(=O)NC3CCC(F)CC3C2=O)CC1. The van der Waals surface area contributed by atoms with Crippen LogP contribution in [0.1, 0.15) is 42.5 Å². The van der Waals surface area contributed by atoms with E-state index in [2.05, 4.69) is 5.32 Å². The fourth-order valence-corrected chi connectivity index (χ4v) is 5.16. The summed E-state index contributed by atoms with van der Waals surface area (Å²) in [5, 5.41) is 2.90. The number of urea groups is 1. The average molecular weight is 431 g/mol. The van der Waals surface area contributed by atoms with Gasteiger partial charge < -0.3 is 19.7 Å². The van der Waals surface area contributed by atoms with Crippen LogP contribution in [0.4, 0.5) is 9.18 Å². The number of benzene rings is 1. The summed E-state index contributed by atoms with van der Waals surface area (Å²) in [6, 6.07) is 4.32. The second kappa shape index (κ2) is 8.01. The molecule has 8 nitrogen and oxygen atoms in total. The van der Waals surface area contributed by atoms with Crippen molar-refractivity contribution in [2.24, 2.45) is 5.92 Å². The van der Waals surface area contributed by atoms with E-state index < -0.39 is 18.1 Å². The molecule has 0 bridgehead atoms. The fraction of sp³-hybridized carbons (Fsp3) is 0.591. The Balaban J connectivity index is 1.26. The molecule has 31 heavy (non-hydrogen) atoms. The van der Waals surface area contributed by atoms with Crippen molar-refractivity contribution in [3.05, 3.63) is 23.8 Å². The normalized spacial score (nSPS) is 28.7. The Labute approximate surface area is 179 Å². The molecule has 1 aliphatic carbocycles. The van der Waals surface area contributed by atoms with Crippen LogP contribution >= 0.6 is 0 Å². The summed E-state index contributed by atoms with van der Waals surface area (Å²) in [4.78, 5) is 41.7. The van der Waals surface area contributed by atoms with Crippen LogP contribution in [-0.2, 0) is 4.79 Å². The molecule has 166 valence electrons. The Hall–Kier alpha value is -2.84. The second-order valence-electron chi connectivity index (χ2n) is 8.63. The molecule has 4 aliphatic rings. The number of carbonyl (C=O) groups excluding carboxylic acids is 3. The fourth-order valence-electron chi connectivity index (χ4n) is 5.16. The summed E-state index contributed by atoms with van der Waals surface area (Å²) in [5.41, 5.74) is 0.460. The molecule has 1 N–H and O–H groups in total. The first-order chi connectivity index (χ1) is 15.0. The topological polar surface area (TPSA) is 88.2 Å². The predicted molar refractivity (Wildman–Crippen MR) is 108 cm³/mol. The molecule has 3 unspecified atom stereocenters. The van der Waals surface area contributed by atoms with Crippen molar-refractivity contribution in [1.82, 2.24) is 15.1 Å². The van der Waals surface area contributed by atoms with Gasteiger partial charge in [0.1, 0.15) is 19.4 Å². The number of hydrogen-bond donors (Lipinski definition) is 1. The highest BCUT2D eigenvalue weighted by Crippen LogP contribution is 2.36. The molecule has 3 heterocycles. The Morgan fingerprint density at radius 1 is 1.06 bits per heavy atom. The molecule has 3 atom stereocenters. The summed E-state index contributed by atoms with van der Waals surface area (Å²) in [6.07, 6.45) is 1.04. The van der Waals surface area contributed by atoms with Crippen LogP contribution in [0, 0.1) is 5.92 Å². The molecule has 1 saturated carbocycles. The maximum atomic E-state index is 13.9. The van der Waals surface area contributed by atoms with Gasteiger partial charge in [0.2, 0.25) is 5.91 Å². The first-order valence-electron chi connectivity index (χ1n) is 11.0. The molecule has 0 spiro atoms. The third-order valence-corrected chi connectivity index (χ3v) is 6.78. The third-order valence-electron chi connectivity index (χ3n) is 6.78. The highest BCUT2D eigenvalue weighted by molar-refractivity contribution is 6.00. The smallest absolute Gasteiger partial charge is 0.324 e. The highest BCUT2D eigenvalue weighted by Gasteiger charge is 2.47. The Kier molecular flexibility index (Phi) is 5.19. The van der Waals surface area contributed by atoms with Crippen LogP contribution in [-0.4, -0.2) is 72.2 Å². The van der Waals surface area contributed by atoms with E-state index in [4.69, 9.17) is 9.47 Å². The quantitative estimate of drug-likeness (QED) is 0.775. The first kappa shape index (κ1) is 20.1. The van der Waals surface area contributed by atoms with Gasteiger partial charge >= 0.3 is 6.03 Å². The Morgan fingerprint density at radius 2 is 1.84 bits per heavy atom. The van der Waals surface area contributed by atoms with Crippen LogP contribution in [0.25, 0.3) is 0 Å². The number of nitrogens with zero attached hydrogens (tertiary/aromatic N) is 2. The minimum atomic E-state index is -0.996. The first-order valence-corrected chi connectivity index (χ1v) is 11.0. The van der Waals surface area contributed by atoms with Gasteiger partial charge in [0.05, 0.1) is 11.5 Å². The summed E-state index contributed by atoms with van der Waals surface area (Å²) < 4.78 is 25.1. The molecule has 3 fully saturated rings. The predicted octanol–water partition coefficient (Wildman–Crippen LogP) is 2.12. The number of nitrogens with one attached hydrogen (secondary N) is 1. The van der Waals surface area contributed by atoms with Gasteiger partial charge in [-0.25, -0.2) is 9.18 Å². The zero-order valence-corrected chi connectivity index (χ0v) is 17.2. The van der Waals surface area contributed by atoms with Crippen molar-refractivity contribution in [2.75, 3.05) is 26.3 Å². The van der Waals surface area contributed by atoms with Gasteiger partial charge in [0.25, 0.3) is 5.91 Å². The second-order valence-corrected chi connectivity index (χ2v) is 8.63. The molecule has 5 rings (SSSR count). The number of amides is 4. The van der Waals surface area contributed by atoms with Crippen molar-refractivity contribution < 1.29 is 28.2 Å². The lowest BCUT2D eigenvalue weighted by molar-refractivity contribution is -0.140. The molecule has 2 saturated heterocycles. The van der Waals surface area contributed by atoms with Crippen molar-refractivity contribution in [2.45, 2.75) is 50.4 Å². The van der Waals surface area contributed by atoms with Crippen molar-refractivity contribution in [1.29, 1.82) is 0 Å². The molecule has 4 amide bonds. The number of ether oxygens (including phenoxy) is 2. The van der Waals surface area contributed by atoms with Gasteiger partial charge in [-0.2, -0.15) is 0 Å². The standard InChI is InChI=1S/C22H26FN3O5/c23-13-4-5-17-16(12-13)21(28)26(22(29)24-17)14-6-8-25(9-7-14)20(27)15-2-1-3-18-19(15)31-11-10-30-18/h1-3,13-14,16-17H,4-12H2,(H,24,29). The van der Waals surface area contributed by atoms with Crippen LogP contribution in [0.2, 0.25) is 0 Å². The minimum absolute atomic E-state index is 0.150. The van der Waals surface area contributed by atoms with Gasteiger partial charge in [-0.1, -0.05) is 6.07 Å². The lowest BCUT2D eigenvalue weighted by Gasteiger charge is -2.45. The number of rotatable bonds is 2. The number of halogens is 1. The minimum Gasteiger partial charge on any atom is -0.486 e. The number of alkyl halides is 1. The summed E-state index contributed by atoms with van der Waals surface area (Å²) in [5.74, 6) is 0.117. The number of piperidine rings is 1. The van der Waals surface area contributed by atoms with Gasteiger partial charge in [-0.15, -0.1) is 0 Å². The summed E-state index contributed by atoms with van der Waals surface area (Å²) in [7, 11) is 0. The van der Waals surface area contributed by atoms with Gasteiger partial charge in [-0.3, -0.25) is 14.5 Å². The number of fused-ring (bicyclic) bond motifs is 2. The van der Waals surface area contributed by atoms with Crippen molar-refractivity contribution >= 4 is 17.8 Å². The van der Waals surface area contributed by atoms with Crippen LogP contribution < -0.4 is 14.8 Å². The largest absolute Gasteiger partial charge is 0.486 e. The Morgan fingerprint density at radius 3 is 2.65 bits per heavy atom. The van der Waals surface area contributed by atoms with Crippen LogP contribution in [0.3, 0.4) is 0 Å².